The standard InChI is InChI=1S/C25H31N5S/c1-15(2)22-23(18-11-16(3)25-26-14-27-30(25)13-18)28-20-12-21(31-24(20)22)17-7-9-29(10-8-17)19-5-4-6-19/h11-15,17,19,28H,4-10H2,1-3H3. The Balaban J connectivity index is 1.34. The van der Waals surface area contributed by atoms with E-state index in [4.69, 9.17) is 0 Å². The molecular weight excluding hydrogens is 402 g/mol. The first kappa shape index (κ1) is 19.5. The average molecular weight is 434 g/mol. The van der Waals surface area contributed by atoms with Gasteiger partial charge in [-0.3, -0.25) is 0 Å². The van der Waals surface area contributed by atoms with Crippen molar-refractivity contribution in [2.75, 3.05) is 13.1 Å². The Kier molecular flexibility index (Phi) is 4.69. The van der Waals surface area contributed by atoms with E-state index < -0.39 is 0 Å². The molecule has 6 heteroatoms. The van der Waals surface area contributed by atoms with E-state index in [0.717, 1.165) is 23.2 Å². The maximum atomic E-state index is 4.38. The van der Waals surface area contributed by atoms with E-state index in [2.05, 4.69) is 59.1 Å². The number of nitrogens with zero attached hydrogens (tertiary/aromatic N) is 4. The molecule has 1 saturated heterocycles. The lowest BCUT2D eigenvalue weighted by Crippen LogP contribution is -2.44. The number of aryl methyl sites for hydroxylation is 1. The van der Waals surface area contributed by atoms with E-state index in [1.807, 2.05) is 15.9 Å². The van der Waals surface area contributed by atoms with Gasteiger partial charge in [0, 0.05) is 22.7 Å². The van der Waals surface area contributed by atoms with E-state index in [9.17, 15) is 0 Å². The van der Waals surface area contributed by atoms with Crippen LogP contribution in [0.5, 0.6) is 0 Å². The Bertz CT molecular complexity index is 1230. The third-order valence-electron chi connectivity index (χ3n) is 7.47. The van der Waals surface area contributed by atoms with Crippen molar-refractivity contribution in [3.8, 4) is 11.3 Å². The molecule has 1 saturated carbocycles. The highest BCUT2D eigenvalue weighted by molar-refractivity contribution is 7.19. The Morgan fingerprint density at radius 3 is 2.65 bits per heavy atom. The van der Waals surface area contributed by atoms with E-state index in [0.29, 0.717) is 5.92 Å². The van der Waals surface area contributed by atoms with Crippen molar-refractivity contribution in [1.82, 2.24) is 24.5 Å². The molecule has 0 atom stereocenters. The molecule has 0 amide bonds. The van der Waals surface area contributed by atoms with Crippen LogP contribution < -0.4 is 0 Å². The monoisotopic (exact) mass is 433 g/mol. The van der Waals surface area contributed by atoms with Gasteiger partial charge in [-0.25, -0.2) is 9.50 Å². The second-order valence-corrected chi connectivity index (χ2v) is 10.9. The summed E-state index contributed by atoms with van der Waals surface area (Å²) in [5.41, 5.74) is 7.26. The molecule has 0 spiro atoms. The molecule has 0 unspecified atom stereocenters. The van der Waals surface area contributed by atoms with Crippen molar-refractivity contribution in [3.63, 3.8) is 0 Å². The normalized spacial score (nSPS) is 19.1. The first-order chi connectivity index (χ1) is 15.1. The van der Waals surface area contributed by atoms with Gasteiger partial charge in [0.1, 0.15) is 6.33 Å². The van der Waals surface area contributed by atoms with Crippen LogP contribution in [0.1, 0.15) is 73.8 Å². The second kappa shape index (κ2) is 7.45. The molecule has 0 bridgehead atoms. The summed E-state index contributed by atoms with van der Waals surface area (Å²) < 4.78 is 3.34. The number of thiophene rings is 1. The zero-order chi connectivity index (χ0) is 21.1. The molecule has 4 aromatic heterocycles. The van der Waals surface area contributed by atoms with Crippen LogP contribution in [0.15, 0.2) is 24.7 Å². The third kappa shape index (κ3) is 3.23. The summed E-state index contributed by atoms with van der Waals surface area (Å²) >= 11 is 2.03. The van der Waals surface area contributed by atoms with Crippen LogP contribution in [-0.2, 0) is 0 Å². The van der Waals surface area contributed by atoms with Crippen molar-refractivity contribution in [1.29, 1.82) is 0 Å². The number of nitrogens with one attached hydrogen (secondary N) is 1. The summed E-state index contributed by atoms with van der Waals surface area (Å²) in [6.07, 6.45) is 10.6. The summed E-state index contributed by atoms with van der Waals surface area (Å²) in [6, 6.07) is 5.57. The van der Waals surface area contributed by atoms with E-state index >= 15 is 0 Å². The molecule has 1 aliphatic carbocycles. The van der Waals surface area contributed by atoms with Gasteiger partial charge in [-0.15, -0.1) is 11.3 Å². The molecule has 6 rings (SSSR count). The Hall–Kier alpha value is -2.18. The van der Waals surface area contributed by atoms with Crippen LogP contribution in [0, 0.1) is 6.92 Å². The minimum Gasteiger partial charge on any atom is -0.354 e. The number of aromatic amines is 1. The summed E-state index contributed by atoms with van der Waals surface area (Å²) in [5.74, 6) is 1.18. The van der Waals surface area contributed by atoms with Gasteiger partial charge in [0.25, 0.3) is 0 Å². The minimum absolute atomic E-state index is 0.461. The fourth-order valence-electron chi connectivity index (χ4n) is 5.53. The third-order valence-corrected chi connectivity index (χ3v) is 8.80. The van der Waals surface area contributed by atoms with Gasteiger partial charge in [-0.1, -0.05) is 20.3 Å². The zero-order valence-electron chi connectivity index (χ0n) is 18.7. The number of H-pyrrole nitrogens is 1. The van der Waals surface area contributed by atoms with E-state index in [1.165, 1.54) is 72.2 Å². The van der Waals surface area contributed by atoms with Crippen molar-refractivity contribution in [3.05, 3.63) is 40.7 Å². The van der Waals surface area contributed by atoms with Crippen LogP contribution in [0.4, 0.5) is 0 Å². The Labute approximate surface area is 187 Å². The van der Waals surface area contributed by atoms with Gasteiger partial charge >= 0.3 is 0 Å². The fraction of sp³-hybridized carbons (Fsp3) is 0.520. The molecule has 0 radical (unpaired) electrons. The molecule has 162 valence electrons. The zero-order valence-corrected chi connectivity index (χ0v) is 19.5. The highest BCUT2D eigenvalue weighted by atomic mass is 32.1. The number of rotatable bonds is 4. The summed E-state index contributed by atoms with van der Waals surface area (Å²) in [5, 5.41) is 4.38. The number of hydrogen-bond donors (Lipinski definition) is 1. The Morgan fingerprint density at radius 1 is 1.13 bits per heavy atom. The van der Waals surface area contributed by atoms with Crippen LogP contribution in [0.2, 0.25) is 0 Å². The van der Waals surface area contributed by atoms with Gasteiger partial charge in [0.2, 0.25) is 0 Å². The summed E-state index contributed by atoms with van der Waals surface area (Å²) in [6.45, 7) is 9.29. The highest BCUT2D eigenvalue weighted by Gasteiger charge is 2.30. The maximum absolute atomic E-state index is 4.38. The maximum Gasteiger partial charge on any atom is 0.158 e. The molecule has 5 nitrogen and oxygen atoms in total. The molecule has 2 aliphatic rings. The van der Waals surface area contributed by atoms with Crippen LogP contribution >= 0.6 is 11.3 Å². The number of fused-ring (bicyclic) bond motifs is 2. The highest BCUT2D eigenvalue weighted by Crippen LogP contribution is 2.44. The summed E-state index contributed by atoms with van der Waals surface area (Å²) in [7, 11) is 0. The van der Waals surface area contributed by atoms with Gasteiger partial charge in [-0.2, -0.15) is 5.10 Å². The topological polar surface area (TPSA) is 49.2 Å². The van der Waals surface area contributed by atoms with Crippen LogP contribution in [0.3, 0.4) is 0 Å². The quantitative estimate of drug-likeness (QED) is 0.423. The predicted molar refractivity (Wildman–Crippen MR) is 128 cm³/mol. The van der Waals surface area contributed by atoms with E-state index in [1.54, 1.807) is 11.2 Å². The molecular formula is C25H31N5S. The second-order valence-electron chi connectivity index (χ2n) is 9.79. The molecule has 5 heterocycles. The number of piperidine rings is 1. The number of pyridine rings is 1. The summed E-state index contributed by atoms with van der Waals surface area (Å²) in [4.78, 5) is 12.5. The van der Waals surface area contributed by atoms with Gasteiger partial charge in [0.05, 0.1) is 15.9 Å². The first-order valence-corrected chi connectivity index (χ1v) is 12.6. The van der Waals surface area contributed by atoms with Crippen molar-refractivity contribution >= 4 is 27.2 Å². The SMILES string of the molecule is Cc1cc(-c2[nH]c3cc(C4CCN(C5CCC5)CC4)sc3c2C(C)C)cn2ncnc12. The minimum atomic E-state index is 0.461. The van der Waals surface area contributed by atoms with E-state index in [-0.39, 0.29) is 0 Å². The fourth-order valence-corrected chi connectivity index (χ4v) is 7.01. The van der Waals surface area contributed by atoms with Gasteiger partial charge < -0.3 is 9.88 Å². The van der Waals surface area contributed by atoms with Gasteiger partial charge in [0.15, 0.2) is 5.65 Å². The lowest BCUT2D eigenvalue weighted by Gasteiger charge is -2.41. The average Bonchev–Trinajstić information content (AvgIpc) is 3.40. The molecule has 1 aliphatic heterocycles. The molecule has 0 aromatic carbocycles. The van der Waals surface area contributed by atoms with Crippen LogP contribution in [0.25, 0.3) is 27.1 Å². The van der Waals surface area contributed by atoms with Crippen molar-refractivity contribution in [2.24, 2.45) is 0 Å². The lowest BCUT2D eigenvalue weighted by molar-refractivity contribution is 0.0980. The molecule has 1 N–H and O–H groups in total. The predicted octanol–water partition coefficient (Wildman–Crippen LogP) is 6.10. The number of likely N-dealkylation sites (tertiary alicyclic amines) is 1. The molecule has 31 heavy (non-hydrogen) atoms. The van der Waals surface area contributed by atoms with Gasteiger partial charge in [-0.05, 0) is 80.8 Å². The largest absolute Gasteiger partial charge is 0.354 e. The lowest BCUT2D eigenvalue weighted by atomic mass is 9.87. The number of hydrogen-bond acceptors (Lipinski definition) is 4. The van der Waals surface area contributed by atoms with Crippen LogP contribution in [-0.4, -0.2) is 43.6 Å². The number of aromatic nitrogens is 4. The molecule has 2 fully saturated rings. The molecule has 4 aromatic rings. The van der Waals surface area contributed by atoms with Crippen molar-refractivity contribution in [2.45, 2.75) is 70.8 Å². The smallest absolute Gasteiger partial charge is 0.158 e. The Morgan fingerprint density at radius 2 is 1.94 bits per heavy atom. The first-order valence-electron chi connectivity index (χ1n) is 11.8. The van der Waals surface area contributed by atoms with Crippen molar-refractivity contribution < 1.29 is 0 Å².